The van der Waals surface area contributed by atoms with Gasteiger partial charge >= 0.3 is 0 Å². The minimum atomic E-state index is -0.00903. The summed E-state index contributed by atoms with van der Waals surface area (Å²) in [7, 11) is 0. The maximum absolute atomic E-state index is 12.8. The highest BCUT2D eigenvalue weighted by atomic mass is 16.5. The Balaban J connectivity index is 1.26. The Kier molecular flexibility index (Phi) is 7.81. The maximum atomic E-state index is 12.8. The third-order valence-corrected chi connectivity index (χ3v) is 7.80. The first-order valence-electron chi connectivity index (χ1n) is 15.0. The van der Waals surface area contributed by atoms with Crippen LogP contribution in [0.2, 0.25) is 0 Å². The van der Waals surface area contributed by atoms with Crippen LogP contribution in [0.4, 0.5) is 0 Å². The SMILES string of the molecule is O=C(c1ccccc1)c1ccc(Oc2ccc(-[n+]3c(-c4ccccc4)cc(-c4ccccc4)cc3-c3ccccc3)cc2)cc1. The third kappa shape index (κ3) is 6.06. The minimum absolute atomic E-state index is 0.00903. The van der Waals surface area contributed by atoms with E-state index in [9.17, 15) is 4.79 Å². The fourth-order valence-electron chi connectivity index (χ4n) is 5.54. The molecule has 1 aromatic heterocycles. The Bertz CT molecular complexity index is 1980. The summed E-state index contributed by atoms with van der Waals surface area (Å²) < 4.78 is 8.51. The number of carbonyl (C=O) groups is 1. The molecule has 1 heterocycles. The number of carbonyl (C=O) groups excluding carboxylic acids is 1. The second-order valence-corrected chi connectivity index (χ2v) is 10.8. The summed E-state index contributed by atoms with van der Waals surface area (Å²) in [5.74, 6) is 1.37. The fraction of sp³-hybridized carbons (Fsp3) is 0. The molecule has 0 aliphatic rings. The van der Waals surface area contributed by atoms with Gasteiger partial charge < -0.3 is 4.74 Å². The average Bonchev–Trinajstić information content (AvgIpc) is 3.13. The number of aromatic nitrogens is 1. The summed E-state index contributed by atoms with van der Waals surface area (Å²) in [5, 5.41) is 0. The molecule has 0 unspecified atom stereocenters. The van der Waals surface area contributed by atoms with Crippen molar-refractivity contribution in [1.29, 1.82) is 0 Å². The molecule has 7 rings (SSSR count). The average molecular weight is 581 g/mol. The molecule has 214 valence electrons. The highest BCUT2D eigenvalue weighted by Crippen LogP contribution is 2.31. The summed E-state index contributed by atoms with van der Waals surface area (Å²) in [6, 6.07) is 60.8. The van der Waals surface area contributed by atoms with Gasteiger partial charge in [-0.1, -0.05) is 97.1 Å². The minimum Gasteiger partial charge on any atom is -0.457 e. The van der Waals surface area contributed by atoms with Crippen molar-refractivity contribution in [1.82, 2.24) is 0 Å². The number of ketones is 1. The number of hydrogen-bond donors (Lipinski definition) is 0. The van der Waals surface area contributed by atoms with Gasteiger partial charge in [-0.2, -0.15) is 4.57 Å². The van der Waals surface area contributed by atoms with Gasteiger partial charge in [0.25, 0.3) is 0 Å². The third-order valence-electron chi connectivity index (χ3n) is 7.80. The number of hydrogen-bond acceptors (Lipinski definition) is 2. The van der Waals surface area contributed by atoms with E-state index in [0.29, 0.717) is 22.6 Å². The van der Waals surface area contributed by atoms with Gasteiger partial charge in [0.2, 0.25) is 17.1 Å². The Labute approximate surface area is 263 Å². The van der Waals surface area contributed by atoms with Crippen LogP contribution in [0.3, 0.4) is 0 Å². The van der Waals surface area contributed by atoms with E-state index in [0.717, 1.165) is 33.8 Å². The first-order chi connectivity index (χ1) is 22.2. The zero-order valence-corrected chi connectivity index (χ0v) is 24.6. The lowest BCUT2D eigenvalue weighted by Gasteiger charge is -2.13. The lowest BCUT2D eigenvalue weighted by Crippen LogP contribution is -2.36. The molecule has 3 nitrogen and oxygen atoms in total. The van der Waals surface area contributed by atoms with Gasteiger partial charge in [-0.15, -0.1) is 0 Å². The first-order valence-corrected chi connectivity index (χ1v) is 15.0. The van der Waals surface area contributed by atoms with Crippen molar-refractivity contribution in [3.8, 4) is 50.8 Å². The highest BCUT2D eigenvalue weighted by molar-refractivity contribution is 6.09. The van der Waals surface area contributed by atoms with Crippen LogP contribution >= 0.6 is 0 Å². The summed E-state index contributed by atoms with van der Waals surface area (Å²) in [6.45, 7) is 0. The zero-order chi connectivity index (χ0) is 30.4. The van der Waals surface area contributed by atoms with Crippen LogP contribution in [0.1, 0.15) is 15.9 Å². The van der Waals surface area contributed by atoms with Crippen LogP contribution in [-0.2, 0) is 0 Å². The molecule has 0 spiro atoms. The van der Waals surface area contributed by atoms with E-state index < -0.39 is 0 Å². The van der Waals surface area contributed by atoms with Gasteiger partial charge in [0, 0.05) is 46.5 Å². The van der Waals surface area contributed by atoms with Gasteiger partial charge in [-0.3, -0.25) is 4.79 Å². The molecule has 0 atom stereocenters. The van der Waals surface area contributed by atoms with E-state index in [1.807, 2.05) is 72.8 Å². The molecule has 0 aliphatic heterocycles. The van der Waals surface area contributed by atoms with E-state index in [4.69, 9.17) is 4.74 Å². The molecular formula is C42H30NO2+. The quantitative estimate of drug-likeness (QED) is 0.132. The topological polar surface area (TPSA) is 30.2 Å². The zero-order valence-electron chi connectivity index (χ0n) is 24.6. The lowest BCUT2D eigenvalue weighted by molar-refractivity contribution is -0.572. The number of pyridine rings is 1. The molecule has 0 bridgehead atoms. The lowest BCUT2D eigenvalue weighted by atomic mass is 9.98. The van der Waals surface area contributed by atoms with E-state index in [1.165, 1.54) is 5.56 Å². The maximum Gasteiger partial charge on any atom is 0.219 e. The molecule has 3 heteroatoms. The van der Waals surface area contributed by atoms with Crippen LogP contribution in [0, 0.1) is 0 Å². The van der Waals surface area contributed by atoms with Crippen molar-refractivity contribution in [2.75, 3.05) is 0 Å². The second-order valence-electron chi connectivity index (χ2n) is 10.8. The number of nitrogens with zero attached hydrogens (tertiary/aromatic N) is 1. The van der Waals surface area contributed by atoms with Gasteiger partial charge in [0.1, 0.15) is 11.5 Å². The molecule has 0 radical (unpaired) electrons. The second kappa shape index (κ2) is 12.7. The summed E-state index contributed by atoms with van der Waals surface area (Å²) in [6.07, 6.45) is 0. The summed E-state index contributed by atoms with van der Waals surface area (Å²) in [4.78, 5) is 12.8. The normalized spacial score (nSPS) is 10.8. The number of ether oxygens (including phenoxy) is 1. The first kappa shape index (κ1) is 27.8. The van der Waals surface area contributed by atoms with Gasteiger partial charge in [0.15, 0.2) is 5.78 Å². The summed E-state index contributed by atoms with van der Waals surface area (Å²) in [5.41, 5.74) is 9.05. The predicted molar refractivity (Wildman–Crippen MR) is 181 cm³/mol. The molecule has 7 aromatic rings. The fourth-order valence-corrected chi connectivity index (χ4v) is 5.54. The Morgan fingerprint density at radius 3 is 1.29 bits per heavy atom. The predicted octanol–water partition coefficient (Wildman–Crippen LogP) is 9.99. The van der Waals surface area contributed by atoms with Crippen molar-refractivity contribution in [3.05, 3.63) is 193 Å². The Hall–Kier alpha value is -6.06. The Morgan fingerprint density at radius 1 is 0.400 bits per heavy atom. The summed E-state index contributed by atoms with van der Waals surface area (Å²) >= 11 is 0. The van der Waals surface area contributed by atoms with Crippen molar-refractivity contribution in [2.45, 2.75) is 0 Å². The van der Waals surface area contributed by atoms with Crippen molar-refractivity contribution < 1.29 is 14.1 Å². The largest absolute Gasteiger partial charge is 0.457 e. The van der Waals surface area contributed by atoms with Crippen molar-refractivity contribution >= 4 is 5.78 Å². The molecule has 0 saturated carbocycles. The van der Waals surface area contributed by atoms with Crippen LogP contribution < -0.4 is 9.30 Å². The van der Waals surface area contributed by atoms with Crippen LogP contribution in [0.25, 0.3) is 39.3 Å². The van der Waals surface area contributed by atoms with Crippen LogP contribution in [0.5, 0.6) is 11.5 Å². The van der Waals surface area contributed by atoms with Crippen LogP contribution in [0.15, 0.2) is 182 Å². The molecule has 0 N–H and O–H groups in total. The molecule has 0 aliphatic carbocycles. The van der Waals surface area contributed by atoms with E-state index in [-0.39, 0.29) is 5.78 Å². The van der Waals surface area contributed by atoms with Crippen LogP contribution in [-0.4, -0.2) is 5.78 Å². The number of benzene rings is 6. The molecule has 0 saturated heterocycles. The standard InChI is InChI=1S/C42H30NO2/c44-42(34-19-11-4-12-20-34)35-21-25-38(26-22-35)45-39-27-23-37(24-28-39)43-40(32-15-7-2-8-16-32)29-36(31-13-5-1-6-14-31)30-41(43)33-17-9-3-10-18-33/h1-30H/q+1. The number of rotatable bonds is 8. The highest BCUT2D eigenvalue weighted by Gasteiger charge is 2.25. The van der Waals surface area contributed by atoms with E-state index in [1.54, 1.807) is 12.1 Å². The Morgan fingerprint density at radius 2 is 0.800 bits per heavy atom. The molecular weight excluding hydrogens is 550 g/mol. The molecule has 0 fully saturated rings. The van der Waals surface area contributed by atoms with Gasteiger partial charge in [-0.05, 0) is 71.8 Å². The van der Waals surface area contributed by atoms with Crippen molar-refractivity contribution in [3.63, 3.8) is 0 Å². The van der Waals surface area contributed by atoms with Crippen molar-refractivity contribution in [2.24, 2.45) is 0 Å². The van der Waals surface area contributed by atoms with Gasteiger partial charge in [-0.25, -0.2) is 0 Å². The van der Waals surface area contributed by atoms with E-state index in [2.05, 4.69) is 102 Å². The molecule has 6 aromatic carbocycles. The molecule has 45 heavy (non-hydrogen) atoms. The monoisotopic (exact) mass is 580 g/mol. The molecule has 0 amide bonds. The van der Waals surface area contributed by atoms with Gasteiger partial charge in [0.05, 0.1) is 0 Å². The smallest absolute Gasteiger partial charge is 0.219 e. The van der Waals surface area contributed by atoms with E-state index >= 15 is 0 Å².